The summed E-state index contributed by atoms with van der Waals surface area (Å²) in [7, 11) is 0. The van der Waals surface area contributed by atoms with Crippen LogP contribution >= 0.6 is 11.6 Å². The van der Waals surface area contributed by atoms with Gasteiger partial charge in [-0.05, 0) is 30.7 Å². The third kappa shape index (κ3) is 4.44. The van der Waals surface area contributed by atoms with Gasteiger partial charge in [0.05, 0.1) is 16.2 Å². The van der Waals surface area contributed by atoms with Gasteiger partial charge in [0.1, 0.15) is 0 Å². The third-order valence-corrected chi connectivity index (χ3v) is 5.07. The molecule has 1 aromatic carbocycles. The molecule has 126 valence electrons. The second-order valence-electron chi connectivity index (χ2n) is 6.35. The number of hydrogen-bond donors (Lipinski definition) is 1. The third-order valence-electron chi connectivity index (χ3n) is 4.64. The molecule has 1 aromatic rings. The van der Waals surface area contributed by atoms with Gasteiger partial charge in [0.15, 0.2) is 0 Å². The van der Waals surface area contributed by atoms with Gasteiger partial charge in [-0.25, -0.2) is 0 Å². The van der Waals surface area contributed by atoms with E-state index in [-0.39, 0.29) is 22.9 Å². The van der Waals surface area contributed by atoms with Crippen molar-refractivity contribution in [2.24, 2.45) is 5.92 Å². The van der Waals surface area contributed by atoms with Gasteiger partial charge < -0.3 is 5.11 Å². The maximum absolute atomic E-state index is 11.4. The summed E-state index contributed by atoms with van der Waals surface area (Å²) >= 11 is 6.27. The summed E-state index contributed by atoms with van der Waals surface area (Å²) in [6, 6.07) is 5.14. The Kier molecular flexibility index (Phi) is 5.99. The van der Waals surface area contributed by atoms with Crippen LogP contribution in [0.3, 0.4) is 0 Å². The fourth-order valence-electron chi connectivity index (χ4n) is 3.22. The van der Waals surface area contributed by atoms with Crippen LogP contribution in [0.1, 0.15) is 67.9 Å². The molecule has 1 aliphatic carbocycles. The zero-order valence-electron chi connectivity index (χ0n) is 13.2. The van der Waals surface area contributed by atoms with Gasteiger partial charge in [0.25, 0.3) is 5.69 Å². The molecule has 1 aliphatic rings. The second-order valence-corrected chi connectivity index (χ2v) is 6.88. The number of carboxylic acid groups (broad SMARTS) is 1. The number of hydrogen-bond acceptors (Lipinski definition) is 3. The largest absolute Gasteiger partial charge is 0.481 e. The summed E-state index contributed by atoms with van der Waals surface area (Å²) < 4.78 is 0. The number of nitro groups is 1. The van der Waals surface area contributed by atoms with Crippen LogP contribution in [0.25, 0.3) is 0 Å². The quantitative estimate of drug-likeness (QED) is 0.447. The fraction of sp³-hybridized carbons (Fsp3) is 0.588. The van der Waals surface area contributed by atoms with Crippen LogP contribution in [0.5, 0.6) is 0 Å². The molecule has 1 saturated carbocycles. The number of carboxylic acids is 1. The van der Waals surface area contributed by atoms with E-state index in [2.05, 4.69) is 0 Å². The Morgan fingerprint density at radius 2 is 2.04 bits per heavy atom. The lowest BCUT2D eigenvalue weighted by Crippen LogP contribution is -2.12. The summed E-state index contributed by atoms with van der Waals surface area (Å²) in [6.07, 6.45) is 5.63. The van der Waals surface area contributed by atoms with E-state index in [1.807, 2.05) is 12.1 Å². The minimum absolute atomic E-state index is 0.114. The molecule has 23 heavy (non-hydrogen) atoms. The van der Waals surface area contributed by atoms with Crippen molar-refractivity contribution in [3.8, 4) is 0 Å². The molecule has 6 heteroatoms. The summed E-state index contributed by atoms with van der Waals surface area (Å²) in [5, 5.41) is 19.9. The fourth-order valence-corrected chi connectivity index (χ4v) is 3.62. The van der Waals surface area contributed by atoms with Crippen molar-refractivity contribution < 1.29 is 14.8 Å². The van der Waals surface area contributed by atoms with Gasteiger partial charge in [-0.3, -0.25) is 14.9 Å². The molecular formula is C17H22ClNO4. The monoisotopic (exact) mass is 339 g/mol. The number of nitro benzene ring substituents is 1. The van der Waals surface area contributed by atoms with E-state index in [1.54, 1.807) is 6.92 Å². The number of halogens is 1. The highest BCUT2D eigenvalue weighted by Crippen LogP contribution is 2.39. The van der Waals surface area contributed by atoms with E-state index in [9.17, 15) is 14.9 Å². The average molecular weight is 340 g/mol. The van der Waals surface area contributed by atoms with Crippen LogP contribution in [0.4, 0.5) is 5.69 Å². The van der Waals surface area contributed by atoms with Crippen molar-refractivity contribution in [3.63, 3.8) is 0 Å². The minimum Gasteiger partial charge on any atom is -0.481 e. The number of carbonyl (C=O) groups is 1. The van der Waals surface area contributed by atoms with Crippen LogP contribution in [0, 0.1) is 16.0 Å². The lowest BCUT2D eigenvalue weighted by Gasteiger charge is -2.22. The normalized spacial score (nSPS) is 18.3. The number of alkyl halides is 1. The Morgan fingerprint density at radius 3 is 2.61 bits per heavy atom. The smallest absolute Gasteiger partial charge is 0.306 e. The van der Waals surface area contributed by atoms with E-state index in [4.69, 9.17) is 16.7 Å². The van der Waals surface area contributed by atoms with Crippen LogP contribution in [0.15, 0.2) is 18.2 Å². The molecule has 2 rings (SSSR count). The van der Waals surface area contributed by atoms with E-state index >= 15 is 0 Å². The zero-order valence-corrected chi connectivity index (χ0v) is 14.0. The summed E-state index contributed by atoms with van der Waals surface area (Å²) in [5.41, 5.74) is 1.52. The molecule has 5 nitrogen and oxygen atoms in total. The molecule has 1 fully saturated rings. The maximum Gasteiger partial charge on any atom is 0.306 e. The Morgan fingerprint density at radius 1 is 1.39 bits per heavy atom. The first-order valence-corrected chi connectivity index (χ1v) is 8.49. The van der Waals surface area contributed by atoms with Crippen LogP contribution in [-0.4, -0.2) is 16.0 Å². The van der Waals surface area contributed by atoms with Crippen LogP contribution < -0.4 is 0 Å². The number of nitrogens with zero attached hydrogens (tertiary/aromatic N) is 1. The number of aliphatic carboxylic acids is 1. The molecule has 0 saturated heterocycles. The van der Waals surface area contributed by atoms with Gasteiger partial charge in [0, 0.05) is 11.6 Å². The van der Waals surface area contributed by atoms with E-state index < -0.39 is 17.3 Å². The molecule has 0 spiro atoms. The molecule has 0 heterocycles. The van der Waals surface area contributed by atoms with Gasteiger partial charge in [-0.15, -0.1) is 11.6 Å². The molecular weight excluding hydrogens is 318 g/mol. The number of rotatable bonds is 6. The molecule has 2 unspecified atom stereocenters. The Hall–Kier alpha value is -1.62. The molecule has 0 aromatic heterocycles. The van der Waals surface area contributed by atoms with Crippen molar-refractivity contribution in [1.29, 1.82) is 0 Å². The highest BCUT2D eigenvalue weighted by atomic mass is 35.5. The summed E-state index contributed by atoms with van der Waals surface area (Å²) in [4.78, 5) is 22.0. The van der Waals surface area contributed by atoms with Gasteiger partial charge in [0.2, 0.25) is 0 Å². The van der Waals surface area contributed by atoms with Crippen molar-refractivity contribution in [2.45, 2.75) is 56.7 Å². The molecule has 0 amide bonds. The topological polar surface area (TPSA) is 80.4 Å². The van der Waals surface area contributed by atoms with Gasteiger partial charge in [-0.2, -0.15) is 0 Å². The Balaban J connectivity index is 2.24. The highest BCUT2D eigenvalue weighted by Gasteiger charge is 2.26. The molecule has 1 N–H and O–H groups in total. The van der Waals surface area contributed by atoms with Gasteiger partial charge in [-0.1, -0.05) is 38.3 Å². The van der Waals surface area contributed by atoms with E-state index in [0.29, 0.717) is 5.56 Å². The lowest BCUT2D eigenvalue weighted by atomic mass is 9.83. The summed E-state index contributed by atoms with van der Waals surface area (Å²) in [6.45, 7) is 1.59. The standard InChI is InChI=1S/C17H22ClNO4/c1-11(17(20)21)9-15(18)13-7-8-14(16(10-13)19(22)23)12-5-3-2-4-6-12/h7-8,10-12,15H,2-6,9H2,1H3,(H,20,21). The predicted molar refractivity (Wildman–Crippen MR) is 88.9 cm³/mol. The maximum atomic E-state index is 11.4. The molecule has 0 aliphatic heterocycles. The predicted octanol–water partition coefficient (Wildman–Crippen LogP) is 5.03. The Labute approximate surface area is 140 Å². The molecule has 0 radical (unpaired) electrons. The lowest BCUT2D eigenvalue weighted by molar-refractivity contribution is -0.385. The van der Waals surface area contributed by atoms with Crippen LogP contribution in [0.2, 0.25) is 0 Å². The first-order valence-electron chi connectivity index (χ1n) is 8.05. The van der Waals surface area contributed by atoms with Crippen LogP contribution in [-0.2, 0) is 4.79 Å². The average Bonchev–Trinajstić information content (AvgIpc) is 2.54. The summed E-state index contributed by atoms with van der Waals surface area (Å²) in [5.74, 6) is -1.26. The number of benzene rings is 1. The highest BCUT2D eigenvalue weighted by molar-refractivity contribution is 6.20. The SMILES string of the molecule is CC(CC(Cl)c1ccc(C2CCCCC2)c([N+](=O)[O-])c1)C(=O)O. The molecule has 0 bridgehead atoms. The van der Waals surface area contributed by atoms with Crippen molar-refractivity contribution in [3.05, 3.63) is 39.4 Å². The Bertz CT molecular complexity index is 584. The zero-order chi connectivity index (χ0) is 17.0. The first kappa shape index (κ1) is 17.7. The van der Waals surface area contributed by atoms with Crippen molar-refractivity contribution in [1.82, 2.24) is 0 Å². The molecule has 2 atom stereocenters. The van der Waals surface area contributed by atoms with Gasteiger partial charge >= 0.3 is 5.97 Å². The van der Waals surface area contributed by atoms with E-state index in [0.717, 1.165) is 31.2 Å². The second kappa shape index (κ2) is 7.77. The van der Waals surface area contributed by atoms with Crippen molar-refractivity contribution in [2.75, 3.05) is 0 Å². The van der Waals surface area contributed by atoms with E-state index in [1.165, 1.54) is 12.5 Å². The first-order chi connectivity index (χ1) is 10.9. The van der Waals surface area contributed by atoms with Crippen molar-refractivity contribution >= 4 is 23.3 Å². The minimum atomic E-state index is -0.913.